The number of ether oxygens (including phenoxy) is 1. The van der Waals surface area contributed by atoms with Crippen molar-refractivity contribution in [3.05, 3.63) is 76.3 Å². The largest absolute Gasteiger partial charge is 0.476 e. The number of fused-ring (bicyclic) bond motifs is 1. The molecule has 1 amide bonds. The molecule has 0 radical (unpaired) electrons. The van der Waals surface area contributed by atoms with Crippen LogP contribution in [0.1, 0.15) is 5.56 Å². The summed E-state index contributed by atoms with van der Waals surface area (Å²) in [4.78, 5) is 12.9. The fourth-order valence-electron chi connectivity index (χ4n) is 3.52. The minimum absolute atomic E-state index is 0.0251. The van der Waals surface area contributed by atoms with Gasteiger partial charge in [0, 0.05) is 15.7 Å². The van der Waals surface area contributed by atoms with Crippen molar-refractivity contribution in [2.45, 2.75) is 17.9 Å². The Balaban J connectivity index is 1.50. The number of amides is 1. The van der Waals surface area contributed by atoms with Gasteiger partial charge in [0.25, 0.3) is 15.9 Å². The molecule has 1 heterocycles. The summed E-state index contributed by atoms with van der Waals surface area (Å²) in [6.45, 7) is 1.49. The second kappa shape index (κ2) is 9.81. The van der Waals surface area contributed by atoms with Crippen molar-refractivity contribution in [1.82, 2.24) is 0 Å². The standard InChI is InChI=1S/C23H21Cl2N3O6S2/c1-14-3-4-15(24)11-19(14)27-36(32,33)18-8-6-17(7-9-18)26-23(29)22-13-28(35(2,30)31)20-12-16(25)5-10-21(20)34-22/h3-12,22,27H,13H2,1-2H3,(H,26,29). The van der Waals surface area contributed by atoms with Crippen molar-refractivity contribution in [2.75, 3.05) is 27.1 Å². The molecule has 4 rings (SSSR count). The number of rotatable bonds is 6. The molecule has 1 atom stereocenters. The molecule has 0 aromatic heterocycles. The number of hydrogen-bond donors (Lipinski definition) is 2. The zero-order valence-corrected chi connectivity index (χ0v) is 22.2. The maximum Gasteiger partial charge on any atom is 0.267 e. The average Bonchev–Trinajstić information content (AvgIpc) is 2.80. The molecule has 0 bridgehead atoms. The Hall–Kier alpha value is -2.99. The SMILES string of the molecule is Cc1ccc(Cl)cc1NS(=O)(=O)c1ccc(NC(=O)C2CN(S(C)(=O)=O)c3cc(Cl)ccc3O2)cc1. The van der Waals surface area contributed by atoms with E-state index in [1.807, 2.05) is 0 Å². The molecule has 0 saturated carbocycles. The first kappa shape index (κ1) is 26.1. The molecule has 1 aliphatic heterocycles. The molecule has 0 spiro atoms. The Morgan fingerprint density at radius 2 is 1.61 bits per heavy atom. The molecule has 3 aromatic carbocycles. The van der Waals surface area contributed by atoms with E-state index in [-0.39, 0.29) is 22.9 Å². The fraction of sp³-hybridized carbons (Fsp3) is 0.174. The average molecular weight is 570 g/mol. The quantitative estimate of drug-likeness (QED) is 0.457. The Labute approximate surface area is 219 Å². The maximum absolute atomic E-state index is 12.9. The van der Waals surface area contributed by atoms with Crippen LogP contribution in [0.4, 0.5) is 17.1 Å². The van der Waals surface area contributed by atoms with Crippen LogP contribution in [0.2, 0.25) is 10.0 Å². The highest BCUT2D eigenvalue weighted by Gasteiger charge is 2.35. The number of sulfonamides is 2. The van der Waals surface area contributed by atoms with Crippen LogP contribution in [-0.4, -0.2) is 41.6 Å². The lowest BCUT2D eigenvalue weighted by atomic mass is 10.2. The van der Waals surface area contributed by atoms with E-state index in [9.17, 15) is 21.6 Å². The number of carbonyl (C=O) groups excluding carboxylic acids is 1. The van der Waals surface area contributed by atoms with Gasteiger partial charge in [0.2, 0.25) is 10.0 Å². The normalized spacial score (nSPS) is 15.6. The highest BCUT2D eigenvalue weighted by atomic mass is 35.5. The number of aryl methyl sites for hydroxylation is 1. The summed E-state index contributed by atoms with van der Waals surface area (Å²) >= 11 is 12.0. The Kier molecular flexibility index (Phi) is 7.11. The van der Waals surface area contributed by atoms with Crippen LogP contribution >= 0.6 is 23.2 Å². The summed E-state index contributed by atoms with van der Waals surface area (Å²) < 4.78 is 59.5. The van der Waals surface area contributed by atoms with Crippen LogP contribution < -0.4 is 19.1 Å². The molecular formula is C23H21Cl2N3O6S2. The van der Waals surface area contributed by atoms with Crippen molar-refractivity contribution in [3.8, 4) is 5.75 Å². The van der Waals surface area contributed by atoms with Gasteiger partial charge in [-0.3, -0.25) is 13.8 Å². The third kappa shape index (κ3) is 5.70. The van der Waals surface area contributed by atoms with Gasteiger partial charge in [0.1, 0.15) is 5.75 Å². The molecule has 3 aromatic rings. The van der Waals surface area contributed by atoms with Gasteiger partial charge < -0.3 is 10.1 Å². The summed E-state index contributed by atoms with van der Waals surface area (Å²) in [5.74, 6) is -0.410. The van der Waals surface area contributed by atoms with Gasteiger partial charge in [-0.05, 0) is 67.1 Å². The van der Waals surface area contributed by atoms with Gasteiger partial charge in [-0.2, -0.15) is 0 Å². The smallest absolute Gasteiger partial charge is 0.267 e. The fourth-order valence-corrected chi connectivity index (χ4v) is 5.89. The number of nitrogens with one attached hydrogen (secondary N) is 2. The highest BCUT2D eigenvalue weighted by Crippen LogP contribution is 2.37. The highest BCUT2D eigenvalue weighted by molar-refractivity contribution is 7.92. The summed E-state index contributed by atoms with van der Waals surface area (Å²) in [6, 6.07) is 14.8. The Bertz CT molecular complexity index is 1540. The monoisotopic (exact) mass is 569 g/mol. The summed E-state index contributed by atoms with van der Waals surface area (Å²) in [5.41, 5.74) is 1.60. The van der Waals surface area contributed by atoms with Crippen LogP contribution in [0.3, 0.4) is 0 Å². The van der Waals surface area contributed by atoms with Gasteiger partial charge in [0.05, 0.1) is 29.1 Å². The van der Waals surface area contributed by atoms with Gasteiger partial charge in [0.15, 0.2) is 6.10 Å². The van der Waals surface area contributed by atoms with E-state index in [0.29, 0.717) is 27.0 Å². The third-order valence-electron chi connectivity index (χ3n) is 5.36. The van der Waals surface area contributed by atoms with Crippen LogP contribution in [0.5, 0.6) is 5.75 Å². The first-order chi connectivity index (χ1) is 16.8. The van der Waals surface area contributed by atoms with Crippen molar-refractivity contribution in [2.24, 2.45) is 0 Å². The summed E-state index contributed by atoms with van der Waals surface area (Å²) in [5, 5.41) is 3.34. The minimum atomic E-state index is -3.91. The van der Waals surface area contributed by atoms with Gasteiger partial charge >= 0.3 is 0 Å². The third-order valence-corrected chi connectivity index (χ3v) is 8.36. The van der Waals surface area contributed by atoms with Crippen LogP contribution in [-0.2, 0) is 24.8 Å². The second-order valence-electron chi connectivity index (χ2n) is 8.09. The molecule has 190 valence electrons. The molecule has 2 N–H and O–H groups in total. The number of nitrogens with zero attached hydrogens (tertiary/aromatic N) is 1. The van der Waals surface area contributed by atoms with E-state index < -0.39 is 32.1 Å². The molecule has 1 unspecified atom stereocenters. The van der Waals surface area contributed by atoms with Gasteiger partial charge in [-0.15, -0.1) is 0 Å². The number of halogens is 2. The molecular weight excluding hydrogens is 549 g/mol. The minimum Gasteiger partial charge on any atom is -0.476 e. The van der Waals surface area contributed by atoms with Gasteiger partial charge in [-0.25, -0.2) is 16.8 Å². The van der Waals surface area contributed by atoms with E-state index in [1.165, 1.54) is 48.5 Å². The van der Waals surface area contributed by atoms with Crippen molar-refractivity contribution in [1.29, 1.82) is 0 Å². The van der Waals surface area contributed by atoms with Crippen LogP contribution in [0.25, 0.3) is 0 Å². The van der Waals surface area contributed by atoms with E-state index in [1.54, 1.807) is 19.1 Å². The number of benzene rings is 3. The number of anilines is 3. The zero-order chi connectivity index (χ0) is 26.3. The predicted molar refractivity (Wildman–Crippen MR) is 140 cm³/mol. The van der Waals surface area contributed by atoms with E-state index in [4.69, 9.17) is 27.9 Å². The Morgan fingerprint density at radius 1 is 0.972 bits per heavy atom. The molecule has 0 saturated heterocycles. The van der Waals surface area contributed by atoms with Crippen molar-refractivity contribution in [3.63, 3.8) is 0 Å². The summed E-state index contributed by atoms with van der Waals surface area (Å²) in [7, 11) is -7.63. The van der Waals surface area contributed by atoms with E-state index in [0.717, 1.165) is 10.6 Å². The lowest BCUT2D eigenvalue weighted by Crippen LogP contribution is -2.48. The van der Waals surface area contributed by atoms with Gasteiger partial charge in [-0.1, -0.05) is 29.3 Å². The van der Waals surface area contributed by atoms with E-state index >= 15 is 0 Å². The van der Waals surface area contributed by atoms with Crippen LogP contribution in [0, 0.1) is 6.92 Å². The van der Waals surface area contributed by atoms with E-state index in [2.05, 4.69) is 10.0 Å². The van der Waals surface area contributed by atoms with Crippen molar-refractivity contribution >= 4 is 66.2 Å². The van der Waals surface area contributed by atoms with Crippen LogP contribution in [0.15, 0.2) is 65.6 Å². The number of carbonyl (C=O) groups is 1. The maximum atomic E-state index is 12.9. The van der Waals surface area contributed by atoms with Crippen molar-refractivity contribution < 1.29 is 26.4 Å². The lowest BCUT2D eigenvalue weighted by Gasteiger charge is -2.34. The zero-order valence-electron chi connectivity index (χ0n) is 19.0. The number of hydrogen-bond acceptors (Lipinski definition) is 6. The predicted octanol–water partition coefficient (Wildman–Crippen LogP) is 4.27. The first-order valence-corrected chi connectivity index (χ1v) is 14.6. The topological polar surface area (TPSA) is 122 Å². The summed E-state index contributed by atoms with van der Waals surface area (Å²) in [6.07, 6.45) is -0.125. The molecule has 36 heavy (non-hydrogen) atoms. The molecule has 0 aliphatic carbocycles. The molecule has 13 heteroatoms. The molecule has 0 fully saturated rings. The first-order valence-electron chi connectivity index (χ1n) is 10.5. The molecule has 9 nitrogen and oxygen atoms in total. The second-order valence-corrected chi connectivity index (χ2v) is 12.6. The molecule has 1 aliphatic rings. The lowest BCUT2D eigenvalue weighted by molar-refractivity contribution is -0.122. The Morgan fingerprint density at radius 3 is 2.28 bits per heavy atom.